The smallest absolute Gasteiger partial charge is 0.138 e. The van der Waals surface area contributed by atoms with E-state index in [-0.39, 0.29) is 5.56 Å². The molecule has 0 fully saturated rings. The van der Waals surface area contributed by atoms with Crippen LogP contribution in [0, 0.1) is 18.6 Å². The highest BCUT2D eigenvalue weighted by Crippen LogP contribution is 2.24. The van der Waals surface area contributed by atoms with E-state index in [2.05, 4.69) is 14.2 Å². The molecular weight excluding hydrogens is 251 g/mol. The van der Waals surface area contributed by atoms with Crippen molar-refractivity contribution >= 4 is 14.5 Å². The quantitative estimate of drug-likeness (QED) is 0.715. The average Bonchev–Trinajstić information content (AvgIpc) is 2.38. The molecule has 18 heavy (non-hydrogen) atoms. The number of nitrogens with zero attached hydrogens (tertiary/aromatic N) is 1. The first-order valence-electron chi connectivity index (χ1n) is 5.76. The summed E-state index contributed by atoms with van der Waals surface area (Å²) in [6, 6.07) is 6.19. The molecule has 4 heteroatoms. The van der Waals surface area contributed by atoms with Gasteiger partial charge in [-0.3, -0.25) is 4.98 Å². The Morgan fingerprint density at radius 3 is 2.39 bits per heavy atom. The molecule has 0 saturated heterocycles. The lowest BCUT2D eigenvalue weighted by molar-refractivity contribution is 0.570. The van der Waals surface area contributed by atoms with Crippen LogP contribution in [0.4, 0.5) is 8.78 Å². The zero-order chi connectivity index (χ0) is 13.7. The van der Waals surface area contributed by atoms with Crippen LogP contribution in [-0.2, 0) is 0 Å². The van der Waals surface area contributed by atoms with E-state index in [1.54, 1.807) is 18.3 Å². The summed E-state index contributed by atoms with van der Waals surface area (Å²) in [5, 5.41) is 0.909. The maximum Gasteiger partial charge on any atom is 0.138 e. The summed E-state index contributed by atoms with van der Waals surface area (Å²) in [4.78, 5) is 4.07. The number of aromatic nitrogens is 1. The summed E-state index contributed by atoms with van der Waals surface area (Å²) in [6.07, 6.45) is 1.59. The van der Waals surface area contributed by atoms with E-state index in [0.717, 1.165) is 5.30 Å². The molecule has 0 N–H and O–H groups in total. The molecule has 0 bridgehead atoms. The maximum absolute atomic E-state index is 13.8. The van der Waals surface area contributed by atoms with Gasteiger partial charge in [-0.2, -0.15) is 0 Å². The van der Waals surface area contributed by atoms with Gasteiger partial charge in [0.25, 0.3) is 0 Å². The van der Waals surface area contributed by atoms with Gasteiger partial charge in [0.05, 0.1) is 5.69 Å². The Balaban J connectivity index is 0.000000771. The van der Waals surface area contributed by atoms with Crippen LogP contribution in [0.5, 0.6) is 0 Å². The lowest BCUT2D eigenvalue weighted by atomic mass is 10.1. The van der Waals surface area contributed by atoms with Crippen LogP contribution in [0.15, 0.2) is 30.5 Å². The highest BCUT2D eigenvalue weighted by atomic mass is 31.0. The van der Waals surface area contributed by atoms with Gasteiger partial charge in [0.15, 0.2) is 0 Å². The van der Waals surface area contributed by atoms with Crippen LogP contribution >= 0.6 is 9.24 Å². The van der Waals surface area contributed by atoms with Crippen LogP contribution < -0.4 is 5.30 Å². The third-order valence-electron chi connectivity index (χ3n) is 2.38. The molecule has 0 saturated carbocycles. The first-order chi connectivity index (χ1) is 8.59. The summed E-state index contributed by atoms with van der Waals surface area (Å²) < 4.78 is 26.9. The van der Waals surface area contributed by atoms with Gasteiger partial charge in [-0.05, 0) is 36.5 Å². The molecule has 1 aromatic carbocycles. The molecule has 0 aliphatic carbocycles. The fraction of sp³-hybridized carbons (Fsp3) is 0.214. The Kier molecular flexibility index (Phi) is 5.36. The van der Waals surface area contributed by atoms with Crippen LogP contribution in [0.2, 0.25) is 0 Å². The van der Waals surface area contributed by atoms with Gasteiger partial charge in [0, 0.05) is 17.3 Å². The van der Waals surface area contributed by atoms with Crippen molar-refractivity contribution in [1.29, 1.82) is 0 Å². The first kappa shape index (κ1) is 14.7. The van der Waals surface area contributed by atoms with Crippen molar-refractivity contribution in [2.24, 2.45) is 0 Å². The van der Waals surface area contributed by atoms with E-state index in [1.165, 1.54) is 19.1 Å². The third-order valence-corrected chi connectivity index (χ3v) is 2.74. The summed E-state index contributed by atoms with van der Waals surface area (Å²) in [6.45, 7) is 5.42. The molecule has 2 rings (SSSR count). The van der Waals surface area contributed by atoms with E-state index in [9.17, 15) is 8.78 Å². The van der Waals surface area contributed by atoms with Crippen molar-refractivity contribution in [3.63, 3.8) is 0 Å². The fourth-order valence-corrected chi connectivity index (χ4v) is 1.70. The molecule has 1 unspecified atom stereocenters. The van der Waals surface area contributed by atoms with Gasteiger partial charge in [-0.1, -0.05) is 13.8 Å². The standard InChI is InChI=1S/C12H10F2NP.C2H6/c1-7-10(13)3-2-9(12(7)14)11-6-8(16)4-5-15-11;1-2/h2-6H,16H2,1H3;1-2H3. The van der Waals surface area contributed by atoms with Gasteiger partial charge in [0.1, 0.15) is 11.6 Å². The molecule has 0 amide bonds. The second kappa shape index (κ2) is 6.55. The largest absolute Gasteiger partial charge is 0.256 e. The predicted molar refractivity (Wildman–Crippen MR) is 75.0 cm³/mol. The lowest BCUT2D eigenvalue weighted by Crippen LogP contribution is -1.97. The minimum absolute atomic E-state index is 0.0217. The molecule has 0 aliphatic rings. The SMILES string of the molecule is CC.Cc1c(F)ccc(-c2cc(P)ccn2)c1F. The molecule has 96 valence electrons. The highest BCUT2D eigenvalue weighted by Gasteiger charge is 2.12. The van der Waals surface area contributed by atoms with Crippen molar-refractivity contribution in [3.8, 4) is 11.3 Å². The molecule has 1 heterocycles. The Bertz CT molecular complexity index is 541. The van der Waals surface area contributed by atoms with Crippen molar-refractivity contribution in [3.05, 3.63) is 47.7 Å². The minimum atomic E-state index is -0.553. The summed E-state index contributed by atoms with van der Waals surface area (Å²) in [7, 11) is 2.51. The van der Waals surface area contributed by atoms with Crippen molar-refractivity contribution in [1.82, 2.24) is 4.98 Å². The summed E-state index contributed by atoms with van der Waals surface area (Å²) in [5.41, 5.74) is 0.852. The van der Waals surface area contributed by atoms with Crippen LogP contribution in [-0.4, -0.2) is 4.98 Å². The number of benzene rings is 1. The number of hydrogen-bond donors (Lipinski definition) is 0. The second-order valence-electron chi connectivity index (χ2n) is 3.51. The predicted octanol–water partition coefficient (Wildman–Crippen LogP) is 3.86. The van der Waals surface area contributed by atoms with E-state index in [1.807, 2.05) is 13.8 Å². The van der Waals surface area contributed by atoms with Gasteiger partial charge in [-0.15, -0.1) is 9.24 Å². The first-order valence-corrected chi connectivity index (χ1v) is 6.34. The molecule has 0 spiro atoms. The number of pyridine rings is 1. The van der Waals surface area contributed by atoms with Gasteiger partial charge in [-0.25, -0.2) is 8.78 Å². The Hall–Kier alpha value is -1.34. The molecular formula is C14H16F2NP. The topological polar surface area (TPSA) is 12.9 Å². The van der Waals surface area contributed by atoms with E-state index in [4.69, 9.17) is 0 Å². The minimum Gasteiger partial charge on any atom is -0.256 e. The van der Waals surface area contributed by atoms with E-state index in [0.29, 0.717) is 11.3 Å². The highest BCUT2D eigenvalue weighted by molar-refractivity contribution is 7.27. The Morgan fingerprint density at radius 1 is 1.11 bits per heavy atom. The van der Waals surface area contributed by atoms with E-state index >= 15 is 0 Å². The summed E-state index contributed by atoms with van der Waals surface area (Å²) in [5.74, 6) is -1.09. The third kappa shape index (κ3) is 3.11. The normalized spacial score (nSPS) is 9.67. The lowest BCUT2D eigenvalue weighted by Gasteiger charge is -2.06. The zero-order valence-corrected chi connectivity index (χ0v) is 11.8. The molecule has 0 radical (unpaired) electrons. The van der Waals surface area contributed by atoms with Crippen molar-refractivity contribution in [2.45, 2.75) is 20.8 Å². The Labute approximate surface area is 108 Å². The second-order valence-corrected chi connectivity index (χ2v) is 4.18. The van der Waals surface area contributed by atoms with Crippen molar-refractivity contribution < 1.29 is 8.78 Å². The molecule has 2 aromatic rings. The molecule has 1 atom stereocenters. The molecule has 0 aliphatic heterocycles. The average molecular weight is 267 g/mol. The van der Waals surface area contributed by atoms with Gasteiger partial charge in [0.2, 0.25) is 0 Å². The van der Waals surface area contributed by atoms with Crippen LogP contribution in [0.1, 0.15) is 19.4 Å². The maximum atomic E-state index is 13.8. The van der Waals surface area contributed by atoms with Crippen LogP contribution in [0.25, 0.3) is 11.3 Å². The van der Waals surface area contributed by atoms with Crippen molar-refractivity contribution in [2.75, 3.05) is 0 Å². The number of rotatable bonds is 1. The molecule has 1 aromatic heterocycles. The Morgan fingerprint density at radius 2 is 1.78 bits per heavy atom. The number of halogens is 2. The van der Waals surface area contributed by atoms with Gasteiger partial charge >= 0.3 is 0 Å². The monoisotopic (exact) mass is 267 g/mol. The van der Waals surface area contributed by atoms with E-state index < -0.39 is 11.6 Å². The van der Waals surface area contributed by atoms with Gasteiger partial charge < -0.3 is 0 Å². The zero-order valence-electron chi connectivity index (χ0n) is 10.7. The molecule has 1 nitrogen and oxygen atoms in total. The van der Waals surface area contributed by atoms with Crippen LogP contribution in [0.3, 0.4) is 0 Å². The summed E-state index contributed by atoms with van der Waals surface area (Å²) >= 11 is 0. The number of hydrogen-bond acceptors (Lipinski definition) is 1. The fourth-order valence-electron chi connectivity index (χ4n) is 1.45.